The van der Waals surface area contributed by atoms with Gasteiger partial charge in [-0.15, -0.1) is 0 Å². The molecule has 2 unspecified atom stereocenters. The number of hydrogen-bond donors (Lipinski definition) is 1. The van der Waals surface area contributed by atoms with Gasteiger partial charge in [0.25, 0.3) is 0 Å². The van der Waals surface area contributed by atoms with Crippen LogP contribution in [-0.2, 0) is 11.2 Å². The maximum absolute atomic E-state index is 12.5. The van der Waals surface area contributed by atoms with Crippen molar-refractivity contribution in [3.8, 4) is 5.75 Å². The molecule has 122 valence electrons. The number of carbonyl (C=O) groups is 1. The van der Waals surface area contributed by atoms with Crippen molar-refractivity contribution in [1.82, 2.24) is 4.90 Å². The molecule has 1 aliphatic rings. The van der Waals surface area contributed by atoms with Crippen LogP contribution in [0.15, 0.2) is 24.3 Å². The monoisotopic (exact) mass is 304 g/mol. The lowest BCUT2D eigenvalue weighted by Crippen LogP contribution is -2.49. The number of hydrogen-bond acceptors (Lipinski definition) is 3. The Morgan fingerprint density at radius 1 is 1.41 bits per heavy atom. The Labute approximate surface area is 133 Å². The molecular weight excluding hydrogens is 276 g/mol. The first kappa shape index (κ1) is 16.8. The summed E-state index contributed by atoms with van der Waals surface area (Å²) in [6.07, 6.45) is 3.35. The fourth-order valence-electron chi connectivity index (χ4n) is 3.20. The van der Waals surface area contributed by atoms with Gasteiger partial charge in [-0.3, -0.25) is 4.79 Å². The van der Waals surface area contributed by atoms with E-state index in [-0.39, 0.29) is 11.9 Å². The zero-order valence-corrected chi connectivity index (χ0v) is 13.8. The van der Waals surface area contributed by atoms with E-state index in [1.807, 2.05) is 36.1 Å². The Morgan fingerprint density at radius 3 is 2.91 bits per heavy atom. The van der Waals surface area contributed by atoms with Crippen molar-refractivity contribution in [1.29, 1.82) is 0 Å². The second-order valence-electron chi connectivity index (χ2n) is 6.15. The van der Waals surface area contributed by atoms with Crippen LogP contribution in [0.25, 0.3) is 0 Å². The van der Waals surface area contributed by atoms with Gasteiger partial charge < -0.3 is 15.4 Å². The summed E-state index contributed by atoms with van der Waals surface area (Å²) >= 11 is 0. The highest BCUT2D eigenvalue weighted by atomic mass is 16.5. The smallest absolute Gasteiger partial charge is 0.223 e. The van der Waals surface area contributed by atoms with Gasteiger partial charge in [0.2, 0.25) is 5.91 Å². The number of benzene rings is 1. The third-order valence-electron chi connectivity index (χ3n) is 4.45. The lowest BCUT2D eigenvalue weighted by atomic mass is 9.92. The molecule has 1 amide bonds. The molecule has 0 bridgehead atoms. The van der Waals surface area contributed by atoms with Crippen LogP contribution in [0.1, 0.15) is 38.7 Å². The summed E-state index contributed by atoms with van der Waals surface area (Å²) in [5.41, 5.74) is 6.95. The molecule has 1 saturated heterocycles. The van der Waals surface area contributed by atoms with Crippen molar-refractivity contribution in [2.45, 2.75) is 45.6 Å². The van der Waals surface area contributed by atoms with Gasteiger partial charge in [0.05, 0.1) is 6.61 Å². The Morgan fingerprint density at radius 2 is 2.18 bits per heavy atom. The summed E-state index contributed by atoms with van der Waals surface area (Å²) in [6.45, 7) is 6.26. The van der Waals surface area contributed by atoms with Crippen LogP contribution >= 0.6 is 0 Å². The van der Waals surface area contributed by atoms with Crippen LogP contribution in [0.2, 0.25) is 0 Å². The number of likely N-dealkylation sites (tertiary alicyclic amines) is 1. The van der Waals surface area contributed by atoms with Crippen LogP contribution < -0.4 is 10.5 Å². The Bertz CT molecular complexity index is 490. The normalized spacial score (nSPS) is 21.7. The summed E-state index contributed by atoms with van der Waals surface area (Å²) in [4.78, 5) is 14.5. The number of piperidine rings is 1. The van der Waals surface area contributed by atoms with E-state index < -0.39 is 0 Å². The van der Waals surface area contributed by atoms with Gasteiger partial charge in [-0.2, -0.15) is 0 Å². The van der Waals surface area contributed by atoms with Crippen molar-refractivity contribution in [3.05, 3.63) is 29.8 Å². The van der Waals surface area contributed by atoms with Crippen LogP contribution in [0.5, 0.6) is 5.75 Å². The summed E-state index contributed by atoms with van der Waals surface area (Å²) in [7, 11) is 0. The van der Waals surface area contributed by atoms with E-state index >= 15 is 0 Å². The second-order valence-corrected chi connectivity index (χ2v) is 6.15. The Hall–Kier alpha value is -1.55. The third kappa shape index (κ3) is 4.23. The van der Waals surface area contributed by atoms with Gasteiger partial charge in [0, 0.05) is 25.6 Å². The molecule has 1 aromatic rings. The third-order valence-corrected chi connectivity index (χ3v) is 4.45. The topological polar surface area (TPSA) is 55.6 Å². The van der Waals surface area contributed by atoms with E-state index in [9.17, 15) is 4.79 Å². The highest BCUT2D eigenvalue weighted by molar-refractivity contribution is 5.77. The van der Waals surface area contributed by atoms with Gasteiger partial charge in [-0.05, 0) is 43.7 Å². The molecule has 0 radical (unpaired) electrons. The Balaban J connectivity index is 1.95. The number of aryl methyl sites for hydroxylation is 1. The van der Waals surface area contributed by atoms with Crippen molar-refractivity contribution in [3.63, 3.8) is 0 Å². The van der Waals surface area contributed by atoms with Crippen LogP contribution in [0, 0.1) is 5.92 Å². The molecule has 2 rings (SSSR count). The molecule has 1 aromatic carbocycles. The molecule has 4 heteroatoms. The Kier molecular flexibility index (Phi) is 6.25. The number of para-hydroxylation sites is 1. The van der Waals surface area contributed by atoms with E-state index in [0.717, 1.165) is 37.1 Å². The number of carbonyl (C=O) groups excluding carboxylic acids is 1. The average Bonchev–Trinajstić information content (AvgIpc) is 2.54. The zero-order chi connectivity index (χ0) is 15.9. The minimum Gasteiger partial charge on any atom is -0.494 e. The predicted octanol–water partition coefficient (Wildman–Crippen LogP) is 2.60. The van der Waals surface area contributed by atoms with E-state index in [0.29, 0.717) is 25.5 Å². The number of amides is 1. The SMILES string of the molecule is CCOc1ccccc1CCC(=O)N1CCC(C)CC1CN. The number of ether oxygens (including phenoxy) is 1. The van der Waals surface area contributed by atoms with Crippen molar-refractivity contribution >= 4 is 5.91 Å². The van der Waals surface area contributed by atoms with Gasteiger partial charge in [0.1, 0.15) is 5.75 Å². The van der Waals surface area contributed by atoms with Gasteiger partial charge >= 0.3 is 0 Å². The summed E-state index contributed by atoms with van der Waals surface area (Å²) in [5.74, 6) is 1.77. The van der Waals surface area contributed by atoms with Gasteiger partial charge in [-0.1, -0.05) is 25.1 Å². The van der Waals surface area contributed by atoms with Crippen molar-refractivity contribution < 1.29 is 9.53 Å². The molecular formula is C18H28N2O2. The summed E-state index contributed by atoms with van der Waals surface area (Å²) in [5, 5.41) is 0. The van der Waals surface area contributed by atoms with Crippen LogP contribution in [0.3, 0.4) is 0 Å². The highest BCUT2D eigenvalue weighted by Gasteiger charge is 2.28. The molecule has 2 atom stereocenters. The first-order valence-corrected chi connectivity index (χ1v) is 8.36. The standard InChI is InChI=1S/C18H28N2O2/c1-3-22-17-7-5-4-6-15(17)8-9-18(21)20-11-10-14(2)12-16(20)13-19/h4-7,14,16H,3,8-13,19H2,1-2H3. The quantitative estimate of drug-likeness (QED) is 0.879. The average molecular weight is 304 g/mol. The molecule has 1 heterocycles. The molecule has 0 aromatic heterocycles. The van der Waals surface area contributed by atoms with E-state index in [2.05, 4.69) is 6.92 Å². The molecule has 0 aliphatic carbocycles. The molecule has 2 N–H and O–H groups in total. The van der Waals surface area contributed by atoms with E-state index in [1.165, 1.54) is 0 Å². The van der Waals surface area contributed by atoms with Crippen LogP contribution in [-0.4, -0.2) is 36.5 Å². The van der Waals surface area contributed by atoms with Crippen molar-refractivity contribution in [2.24, 2.45) is 11.7 Å². The first-order valence-electron chi connectivity index (χ1n) is 8.36. The second kappa shape index (κ2) is 8.18. The minimum atomic E-state index is 0.207. The van der Waals surface area contributed by atoms with Gasteiger partial charge in [0.15, 0.2) is 0 Å². The van der Waals surface area contributed by atoms with E-state index in [4.69, 9.17) is 10.5 Å². The molecule has 4 nitrogen and oxygen atoms in total. The molecule has 1 fully saturated rings. The van der Waals surface area contributed by atoms with Crippen molar-refractivity contribution in [2.75, 3.05) is 19.7 Å². The minimum absolute atomic E-state index is 0.207. The molecule has 0 saturated carbocycles. The largest absolute Gasteiger partial charge is 0.494 e. The fourth-order valence-corrected chi connectivity index (χ4v) is 3.20. The number of nitrogens with two attached hydrogens (primary N) is 1. The highest BCUT2D eigenvalue weighted by Crippen LogP contribution is 2.24. The van der Waals surface area contributed by atoms with Crippen LogP contribution in [0.4, 0.5) is 0 Å². The molecule has 1 aliphatic heterocycles. The summed E-state index contributed by atoms with van der Waals surface area (Å²) < 4.78 is 5.63. The number of rotatable bonds is 6. The lowest BCUT2D eigenvalue weighted by molar-refractivity contribution is -0.135. The first-order chi connectivity index (χ1) is 10.7. The van der Waals surface area contributed by atoms with Gasteiger partial charge in [-0.25, -0.2) is 0 Å². The predicted molar refractivity (Wildman–Crippen MR) is 88.9 cm³/mol. The fraction of sp³-hybridized carbons (Fsp3) is 0.611. The molecule has 0 spiro atoms. The maximum Gasteiger partial charge on any atom is 0.223 e. The summed E-state index contributed by atoms with van der Waals surface area (Å²) in [6, 6.07) is 8.17. The molecule has 22 heavy (non-hydrogen) atoms. The van der Waals surface area contributed by atoms with E-state index in [1.54, 1.807) is 0 Å². The number of nitrogens with zero attached hydrogens (tertiary/aromatic N) is 1. The maximum atomic E-state index is 12.5. The lowest BCUT2D eigenvalue weighted by Gasteiger charge is -2.38. The zero-order valence-electron chi connectivity index (χ0n) is 13.8.